The van der Waals surface area contributed by atoms with E-state index in [2.05, 4.69) is 51.2 Å². The number of quaternary nitrogens is 1. The number of likely N-dealkylation sites (tertiary alicyclic amines) is 1. The van der Waals surface area contributed by atoms with Crippen molar-refractivity contribution in [2.75, 3.05) is 18.4 Å². The van der Waals surface area contributed by atoms with Crippen molar-refractivity contribution in [3.05, 3.63) is 52.8 Å². The largest absolute Gasteiger partial charge is 0.350 e. The Morgan fingerprint density at radius 3 is 3.00 bits per heavy atom. The maximum Gasteiger partial charge on any atom is 0.279 e. The van der Waals surface area contributed by atoms with Crippen LogP contribution in [0, 0.1) is 0 Å². The summed E-state index contributed by atoms with van der Waals surface area (Å²) in [6.07, 6.45) is 4.40. The van der Waals surface area contributed by atoms with Crippen molar-refractivity contribution in [3.63, 3.8) is 0 Å². The first-order valence-corrected chi connectivity index (χ1v) is 8.44. The minimum absolute atomic E-state index is 0.0780. The summed E-state index contributed by atoms with van der Waals surface area (Å²) in [6.45, 7) is 1.57. The van der Waals surface area contributed by atoms with Gasteiger partial charge in [-0.2, -0.15) is 0 Å². The zero-order chi connectivity index (χ0) is 15.5. The smallest absolute Gasteiger partial charge is 0.279 e. The number of nitrogens with one attached hydrogen (secondary N) is 2. The first-order chi connectivity index (χ1) is 10.6. The van der Waals surface area contributed by atoms with E-state index in [1.165, 1.54) is 17.0 Å². The summed E-state index contributed by atoms with van der Waals surface area (Å²) in [6, 6.07) is 12.4. The maximum atomic E-state index is 12.3. The molecule has 22 heavy (non-hydrogen) atoms. The Labute approximate surface area is 139 Å². The first-order valence-electron chi connectivity index (χ1n) is 7.65. The van der Waals surface area contributed by atoms with Crippen LogP contribution in [0.4, 0.5) is 5.69 Å². The number of amides is 1. The van der Waals surface area contributed by atoms with Gasteiger partial charge in [-0.15, -0.1) is 0 Å². The van der Waals surface area contributed by atoms with Crippen LogP contribution in [-0.4, -0.2) is 23.6 Å². The number of aromatic nitrogens is 1. The molecule has 1 aliphatic heterocycles. The summed E-state index contributed by atoms with van der Waals surface area (Å²) >= 11 is 3.42. The van der Waals surface area contributed by atoms with Crippen LogP contribution in [-0.2, 0) is 11.8 Å². The molecule has 0 spiro atoms. The molecule has 2 heterocycles. The zero-order valence-corrected chi connectivity index (χ0v) is 14.3. The van der Waals surface area contributed by atoms with Crippen molar-refractivity contribution in [1.82, 2.24) is 4.57 Å². The van der Waals surface area contributed by atoms with Gasteiger partial charge in [-0.1, -0.05) is 22.0 Å². The average molecular weight is 363 g/mol. The molecule has 2 N–H and O–H groups in total. The van der Waals surface area contributed by atoms with E-state index in [0.717, 1.165) is 23.1 Å². The summed E-state index contributed by atoms with van der Waals surface area (Å²) in [5.41, 5.74) is 2.16. The molecule has 5 heteroatoms. The van der Waals surface area contributed by atoms with Crippen molar-refractivity contribution in [2.45, 2.75) is 18.9 Å². The monoisotopic (exact) mass is 362 g/mol. The summed E-state index contributed by atoms with van der Waals surface area (Å²) in [7, 11) is 2.08. The molecule has 1 aromatic heterocycles. The molecule has 2 aromatic rings. The highest BCUT2D eigenvalue weighted by Gasteiger charge is 2.32. The number of carbonyl (C=O) groups excluding carboxylic acids is 1. The number of carbonyl (C=O) groups is 1. The van der Waals surface area contributed by atoms with Gasteiger partial charge in [0.25, 0.3) is 5.91 Å². The molecule has 0 saturated carbocycles. The summed E-state index contributed by atoms with van der Waals surface area (Å²) in [4.78, 5) is 13.7. The Bertz CT molecular complexity index is 667. The van der Waals surface area contributed by atoms with Crippen molar-refractivity contribution in [1.29, 1.82) is 0 Å². The van der Waals surface area contributed by atoms with Crippen molar-refractivity contribution in [2.24, 2.45) is 7.05 Å². The third kappa shape index (κ3) is 3.42. The predicted octanol–water partition coefficient (Wildman–Crippen LogP) is 2.15. The molecule has 3 rings (SSSR count). The second-order valence-electron chi connectivity index (χ2n) is 5.88. The Morgan fingerprint density at radius 2 is 2.27 bits per heavy atom. The lowest BCUT2D eigenvalue weighted by Crippen LogP contribution is -3.11. The zero-order valence-electron chi connectivity index (χ0n) is 12.7. The fourth-order valence-corrected chi connectivity index (χ4v) is 3.69. The molecule has 1 amide bonds. The molecule has 0 bridgehead atoms. The topological polar surface area (TPSA) is 38.5 Å². The van der Waals surface area contributed by atoms with E-state index in [1.54, 1.807) is 0 Å². The van der Waals surface area contributed by atoms with Gasteiger partial charge in [0.1, 0.15) is 6.04 Å². The Kier molecular flexibility index (Phi) is 4.64. The van der Waals surface area contributed by atoms with Crippen LogP contribution in [0.25, 0.3) is 0 Å². The van der Waals surface area contributed by atoms with E-state index in [0.29, 0.717) is 12.6 Å². The maximum absolute atomic E-state index is 12.3. The van der Waals surface area contributed by atoms with Crippen LogP contribution in [0.5, 0.6) is 0 Å². The molecular formula is C17H21BrN3O+. The lowest BCUT2D eigenvalue weighted by molar-refractivity contribution is -0.910. The van der Waals surface area contributed by atoms with Gasteiger partial charge in [-0.3, -0.25) is 4.79 Å². The van der Waals surface area contributed by atoms with Crippen LogP contribution in [0.15, 0.2) is 47.1 Å². The fraction of sp³-hybridized carbons (Fsp3) is 0.353. The van der Waals surface area contributed by atoms with E-state index in [9.17, 15) is 4.79 Å². The molecule has 0 aliphatic carbocycles. The molecule has 1 saturated heterocycles. The number of rotatable bonds is 4. The molecule has 1 aromatic carbocycles. The lowest BCUT2D eigenvalue weighted by Gasteiger charge is -2.21. The van der Waals surface area contributed by atoms with Gasteiger partial charge in [0.2, 0.25) is 0 Å². The number of benzene rings is 1. The SMILES string of the molecule is Cn1cccc1[C@@H]1CCC[NH+]1CC(=O)Nc1cccc(Br)c1. The number of anilines is 1. The highest BCUT2D eigenvalue weighted by Crippen LogP contribution is 2.19. The Hall–Kier alpha value is -1.59. The highest BCUT2D eigenvalue weighted by atomic mass is 79.9. The molecule has 1 unspecified atom stereocenters. The van der Waals surface area contributed by atoms with Crippen molar-refractivity contribution >= 4 is 27.5 Å². The van der Waals surface area contributed by atoms with Gasteiger partial charge in [-0.25, -0.2) is 0 Å². The molecule has 2 atom stereocenters. The van der Waals surface area contributed by atoms with Gasteiger partial charge in [0.05, 0.1) is 12.2 Å². The number of hydrogen-bond donors (Lipinski definition) is 2. The first kappa shape index (κ1) is 15.3. The number of hydrogen-bond acceptors (Lipinski definition) is 1. The number of aryl methyl sites for hydroxylation is 1. The van der Waals surface area contributed by atoms with Crippen LogP contribution in [0.2, 0.25) is 0 Å². The van der Waals surface area contributed by atoms with E-state index in [-0.39, 0.29) is 5.91 Å². The van der Waals surface area contributed by atoms with Gasteiger partial charge < -0.3 is 14.8 Å². The lowest BCUT2D eigenvalue weighted by atomic mass is 10.1. The standard InChI is InChI=1S/C17H20BrN3O/c1-20-9-3-7-15(20)16-8-4-10-21(16)12-17(22)19-14-6-2-5-13(18)11-14/h2-3,5-7,9,11,16H,4,8,10,12H2,1H3,(H,19,22)/p+1/t16-/m0/s1. The van der Waals surface area contributed by atoms with E-state index in [1.807, 2.05) is 24.3 Å². The third-order valence-electron chi connectivity index (χ3n) is 4.32. The average Bonchev–Trinajstić information content (AvgIpc) is 3.07. The quantitative estimate of drug-likeness (QED) is 0.859. The Balaban J connectivity index is 1.64. The minimum Gasteiger partial charge on any atom is -0.350 e. The number of halogens is 1. The number of nitrogens with zero attached hydrogens (tertiary/aromatic N) is 1. The van der Waals surface area contributed by atoms with Crippen LogP contribution in [0.1, 0.15) is 24.6 Å². The minimum atomic E-state index is 0.0780. The van der Waals surface area contributed by atoms with Crippen molar-refractivity contribution in [3.8, 4) is 0 Å². The molecule has 4 nitrogen and oxygen atoms in total. The van der Waals surface area contributed by atoms with Crippen LogP contribution in [0.3, 0.4) is 0 Å². The van der Waals surface area contributed by atoms with E-state index >= 15 is 0 Å². The molecule has 0 radical (unpaired) electrons. The van der Waals surface area contributed by atoms with E-state index < -0.39 is 0 Å². The summed E-state index contributed by atoms with van der Waals surface area (Å²) in [5, 5.41) is 2.99. The van der Waals surface area contributed by atoms with Crippen LogP contribution < -0.4 is 10.2 Å². The Morgan fingerprint density at radius 1 is 1.41 bits per heavy atom. The second-order valence-corrected chi connectivity index (χ2v) is 6.80. The third-order valence-corrected chi connectivity index (χ3v) is 4.81. The van der Waals surface area contributed by atoms with Gasteiger partial charge in [-0.05, 0) is 30.3 Å². The van der Waals surface area contributed by atoms with E-state index in [4.69, 9.17) is 0 Å². The fourth-order valence-electron chi connectivity index (χ4n) is 3.29. The molecule has 1 aliphatic rings. The normalized spacial score (nSPS) is 21.0. The van der Waals surface area contributed by atoms with Gasteiger partial charge in [0, 0.05) is 36.2 Å². The summed E-state index contributed by atoms with van der Waals surface area (Å²) in [5.74, 6) is 0.0780. The van der Waals surface area contributed by atoms with Gasteiger partial charge >= 0.3 is 0 Å². The molecule has 116 valence electrons. The molecule has 1 fully saturated rings. The van der Waals surface area contributed by atoms with Crippen LogP contribution >= 0.6 is 15.9 Å². The predicted molar refractivity (Wildman–Crippen MR) is 90.9 cm³/mol. The summed E-state index contributed by atoms with van der Waals surface area (Å²) < 4.78 is 3.14. The molecular weight excluding hydrogens is 342 g/mol. The second kappa shape index (κ2) is 6.67. The van der Waals surface area contributed by atoms with Crippen molar-refractivity contribution < 1.29 is 9.69 Å². The van der Waals surface area contributed by atoms with Gasteiger partial charge in [0.15, 0.2) is 6.54 Å². The highest BCUT2D eigenvalue weighted by molar-refractivity contribution is 9.10.